The Balaban J connectivity index is 3.55. The van der Waals surface area contributed by atoms with Crippen LogP contribution in [0.25, 0.3) is 0 Å². The molecule has 0 aliphatic rings. The molecule has 0 bridgehead atoms. The van der Waals surface area contributed by atoms with Crippen LogP contribution < -0.4 is 21.9 Å². The average molecular weight is 432 g/mol. The van der Waals surface area contributed by atoms with Gasteiger partial charge in [-0.05, 0) is 28.7 Å². The van der Waals surface area contributed by atoms with Crippen molar-refractivity contribution in [3.05, 3.63) is 25.8 Å². The van der Waals surface area contributed by atoms with Gasteiger partial charge in [0.1, 0.15) is 0 Å². The number of alkyl halides is 3. The summed E-state index contributed by atoms with van der Waals surface area (Å²) in [5.41, 5.74) is 13.8. The average Bonchev–Trinajstić information content (AvgIpc) is 2.28. The van der Waals surface area contributed by atoms with Gasteiger partial charge in [0.05, 0.1) is 4.92 Å². The number of hydrogen-bond acceptors (Lipinski definition) is 4. The predicted octanol–water partition coefficient (Wildman–Crippen LogP) is 1.32. The Labute approximate surface area is 134 Å². The van der Waals surface area contributed by atoms with E-state index in [2.05, 4.69) is 14.7 Å². The summed E-state index contributed by atoms with van der Waals surface area (Å²) in [5.74, 6) is -2.09. The minimum atomic E-state index is -5.08. The van der Waals surface area contributed by atoms with Crippen LogP contribution in [0.2, 0.25) is 0 Å². The van der Waals surface area contributed by atoms with Crippen molar-refractivity contribution in [2.24, 2.45) is 27.2 Å². The summed E-state index contributed by atoms with van der Waals surface area (Å²) in [6.07, 6.45) is -5.08. The third-order valence-electron chi connectivity index (χ3n) is 1.91. The highest BCUT2D eigenvalue weighted by molar-refractivity contribution is 14.1. The SMILES string of the molecule is NC(N)=NC(N)=Nc1c(OC(F)(F)F)cc(I)cc1[N+](=O)[O-]. The molecule has 1 aromatic carbocycles. The van der Waals surface area contributed by atoms with E-state index in [1.807, 2.05) is 0 Å². The molecular weight excluding hydrogens is 424 g/mol. The molecule has 22 heavy (non-hydrogen) atoms. The number of nitro benzene ring substituents is 1. The minimum absolute atomic E-state index is 0.128. The summed E-state index contributed by atoms with van der Waals surface area (Å²) in [7, 11) is 0. The van der Waals surface area contributed by atoms with Crippen LogP contribution in [0.5, 0.6) is 5.75 Å². The van der Waals surface area contributed by atoms with Gasteiger partial charge in [0.15, 0.2) is 17.4 Å². The Morgan fingerprint density at radius 1 is 1.32 bits per heavy atom. The molecule has 0 heterocycles. The highest BCUT2D eigenvalue weighted by atomic mass is 127. The molecule has 0 unspecified atom stereocenters. The lowest BCUT2D eigenvalue weighted by atomic mass is 10.2. The van der Waals surface area contributed by atoms with Gasteiger partial charge in [-0.25, -0.2) is 4.99 Å². The zero-order valence-electron chi connectivity index (χ0n) is 10.5. The summed E-state index contributed by atoms with van der Waals surface area (Å²) in [6, 6.07) is 1.90. The Morgan fingerprint density at radius 3 is 2.36 bits per heavy atom. The maximum Gasteiger partial charge on any atom is 0.573 e. The number of benzene rings is 1. The fourth-order valence-corrected chi connectivity index (χ4v) is 1.86. The number of nitro groups is 1. The second-order valence-electron chi connectivity index (χ2n) is 3.58. The first-order chi connectivity index (χ1) is 9.99. The number of halogens is 4. The second-order valence-corrected chi connectivity index (χ2v) is 4.83. The molecule has 0 amide bonds. The van der Waals surface area contributed by atoms with Crippen molar-refractivity contribution < 1.29 is 22.8 Å². The van der Waals surface area contributed by atoms with Gasteiger partial charge in [-0.2, -0.15) is 4.99 Å². The van der Waals surface area contributed by atoms with Crippen molar-refractivity contribution >= 4 is 45.9 Å². The summed E-state index contributed by atoms with van der Waals surface area (Å²) >= 11 is 1.59. The third-order valence-corrected chi connectivity index (χ3v) is 2.53. The van der Waals surface area contributed by atoms with Crippen molar-refractivity contribution in [2.75, 3.05) is 0 Å². The van der Waals surface area contributed by atoms with Crippen molar-refractivity contribution in [1.82, 2.24) is 0 Å². The molecule has 0 saturated carbocycles. The molecule has 0 aromatic heterocycles. The maximum absolute atomic E-state index is 12.4. The molecule has 0 saturated heterocycles. The second kappa shape index (κ2) is 6.63. The van der Waals surface area contributed by atoms with E-state index in [0.29, 0.717) is 0 Å². The summed E-state index contributed by atoms with van der Waals surface area (Å²) in [5, 5.41) is 11.0. The van der Waals surface area contributed by atoms with Crippen LogP contribution in [-0.2, 0) is 0 Å². The van der Waals surface area contributed by atoms with Crippen molar-refractivity contribution in [3.8, 4) is 5.75 Å². The molecule has 1 aromatic rings. The normalized spacial score (nSPS) is 11.9. The van der Waals surface area contributed by atoms with Gasteiger partial charge in [-0.15, -0.1) is 13.2 Å². The van der Waals surface area contributed by atoms with Gasteiger partial charge in [-0.3, -0.25) is 10.1 Å². The molecule has 120 valence electrons. The number of guanidine groups is 2. The molecular formula is C9H8F3IN6O3. The van der Waals surface area contributed by atoms with E-state index in [1.165, 1.54) is 0 Å². The van der Waals surface area contributed by atoms with Gasteiger partial charge in [0.2, 0.25) is 5.96 Å². The summed E-state index contributed by atoms with van der Waals surface area (Å²) < 4.78 is 41.0. The quantitative estimate of drug-likeness (QED) is 0.215. The first-order valence-electron chi connectivity index (χ1n) is 5.17. The highest BCUT2D eigenvalue weighted by Crippen LogP contribution is 2.41. The maximum atomic E-state index is 12.4. The molecule has 0 spiro atoms. The molecule has 1 rings (SSSR count). The van der Waals surface area contributed by atoms with Crippen LogP contribution in [0.3, 0.4) is 0 Å². The smallest absolute Gasteiger partial charge is 0.403 e. The number of nitrogens with two attached hydrogens (primary N) is 3. The zero-order valence-corrected chi connectivity index (χ0v) is 12.6. The van der Waals surface area contributed by atoms with E-state index in [1.54, 1.807) is 22.6 Å². The van der Waals surface area contributed by atoms with Gasteiger partial charge < -0.3 is 21.9 Å². The highest BCUT2D eigenvalue weighted by Gasteiger charge is 2.34. The summed E-state index contributed by atoms with van der Waals surface area (Å²) in [6.45, 7) is 0. The standard InChI is InChI=1S/C9H8F3IN6O3/c10-9(11,12)22-5-2-3(13)1-4(19(20)21)6(5)17-8(16)18-7(14)15/h1-2H,(H6,14,15,16,17,18). The van der Waals surface area contributed by atoms with Gasteiger partial charge in [0, 0.05) is 9.64 Å². The fraction of sp³-hybridized carbons (Fsp3) is 0.111. The zero-order chi connectivity index (χ0) is 17.1. The van der Waals surface area contributed by atoms with Crippen molar-refractivity contribution in [3.63, 3.8) is 0 Å². The largest absolute Gasteiger partial charge is 0.573 e. The molecule has 13 heteroatoms. The lowest BCUT2D eigenvalue weighted by Gasteiger charge is -2.11. The minimum Gasteiger partial charge on any atom is -0.403 e. The number of hydrogen-bond donors (Lipinski definition) is 3. The number of aliphatic imine (C=N–C) groups is 2. The molecule has 0 fully saturated rings. The lowest BCUT2D eigenvalue weighted by Crippen LogP contribution is -2.26. The number of nitrogens with zero attached hydrogens (tertiary/aromatic N) is 3. The van der Waals surface area contributed by atoms with E-state index >= 15 is 0 Å². The van der Waals surface area contributed by atoms with E-state index in [4.69, 9.17) is 17.2 Å². The van der Waals surface area contributed by atoms with Crippen molar-refractivity contribution in [2.45, 2.75) is 6.36 Å². The lowest BCUT2D eigenvalue weighted by molar-refractivity contribution is -0.384. The van der Waals surface area contributed by atoms with E-state index in [-0.39, 0.29) is 3.57 Å². The van der Waals surface area contributed by atoms with Crippen molar-refractivity contribution in [1.29, 1.82) is 0 Å². The molecule has 0 aliphatic heterocycles. The Morgan fingerprint density at radius 2 is 1.91 bits per heavy atom. The van der Waals surface area contributed by atoms with Gasteiger partial charge >= 0.3 is 6.36 Å². The molecule has 6 N–H and O–H groups in total. The van der Waals surface area contributed by atoms with E-state index < -0.39 is 40.3 Å². The topological polar surface area (TPSA) is 155 Å². The van der Waals surface area contributed by atoms with Crippen LogP contribution in [0.1, 0.15) is 0 Å². The Hall–Kier alpha value is -2.32. The summed E-state index contributed by atoms with van der Waals surface area (Å²) in [4.78, 5) is 16.7. The van der Waals surface area contributed by atoms with Crippen LogP contribution in [0.4, 0.5) is 24.5 Å². The first-order valence-corrected chi connectivity index (χ1v) is 6.25. The Bertz CT molecular complexity index is 657. The van der Waals surface area contributed by atoms with Gasteiger partial charge in [0.25, 0.3) is 5.69 Å². The third kappa shape index (κ3) is 5.23. The molecule has 0 atom stereocenters. The first kappa shape index (κ1) is 17.7. The van der Waals surface area contributed by atoms with E-state index in [9.17, 15) is 23.3 Å². The Kier molecular flexibility index (Phi) is 5.34. The van der Waals surface area contributed by atoms with E-state index in [0.717, 1.165) is 12.1 Å². The number of ether oxygens (including phenoxy) is 1. The predicted molar refractivity (Wildman–Crippen MR) is 79.6 cm³/mol. The fourth-order valence-electron chi connectivity index (χ4n) is 1.29. The molecule has 0 aliphatic carbocycles. The van der Waals surface area contributed by atoms with Crippen LogP contribution in [0.15, 0.2) is 22.1 Å². The van der Waals surface area contributed by atoms with Crippen LogP contribution in [-0.4, -0.2) is 23.2 Å². The number of rotatable bonds is 3. The molecule has 9 nitrogen and oxygen atoms in total. The van der Waals surface area contributed by atoms with Gasteiger partial charge in [-0.1, -0.05) is 0 Å². The monoisotopic (exact) mass is 432 g/mol. The van der Waals surface area contributed by atoms with Crippen LogP contribution >= 0.6 is 22.6 Å². The molecule has 0 radical (unpaired) electrons. The van der Waals surface area contributed by atoms with Crippen LogP contribution in [0, 0.1) is 13.7 Å².